The van der Waals surface area contributed by atoms with Gasteiger partial charge in [-0.05, 0) is 23.6 Å². The highest BCUT2D eigenvalue weighted by Crippen LogP contribution is 2.27. The fraction of sp³-hybridized carbons (Fsp3) is 0.133. The second kappa shape index (κ2) is 5.71. The molecule has 0 spiro atoms. The highest BCUT2D eigenvalue weighted by Gasteiger charge is 2.10. The van der Waals surface area contributed by atoms with Crippen molar-refractivity contribution in [3.05, 3.63) is 65.4 Å². The fourth-order valence-corrected chi connectivity index (χ4v) is 2.72. The zero-order chi connectivity index (χ0) is 12.9. The third kappa shape index (κ3) is 2.85. The molecular formula is C15H15N3S. The largest absolute Gasteiger partial charge is 0.349 e. The first-order chi connectivity index (χ1) is 9.43. The molecule has 0 aliphatic rings. The van der Waals surface area contributed by atoms with Crippen molar-refractivity contribution in [3.8, 4) is 0 Å². The molecule has 0 saturated carbocycles. The maximum atomic E-state index is 4.28. The molecule has 1 aromatic carbocycles. The Labute approximate surface area is 116 Å². The van der Waals surface area contributed by atoms with Crippen molar-refractivity contribution in [3.63, 3.8) is 0 Å². The Hall–Kier alpha value is -2.07. The fourth-order valence-electron chi connectivity index (χ4n) is 2.08. The van der Waals surface area contributed by atoms with Crippen LogP contribution in [0.15, 0.2) is 59.6 Å². The number of anilines is 2. The van der Waals surface area contributed by atoms with Crippen LogP contribution in [0, 0.1) is 0 Å². The summed E-state index contributed by atoms with van der Waals surface area (Å²) in [5.74, 6) is 1.02. The Morgan fingerprint density at radius 1 is 1.11 bits per heavy atom. The van der Waals surface area contributed by atoms with Gasteiger partial charge in [-0.15, -0.1) is 0 Å². The maximum Gasteiger partial charge on any atom is 0.107 e. The van der Waals surface area contributed by atoms with Crippen LogP contribution in [-0.2, 0) is 6.42 Å². The highest BCUT2D eigenvalue weighted by molar-refractivity contribution is 7.08. The van der Waals surface area contributed by atoms with E-state index < -0.39 is 0 Å². The predicted octanol–water partition coefficient (Wildman–Crippen LogP) is 3.85. The number of imidazole rings is 1. The van der Waals surface area contributed by atoms with E-state index in [-0.39, 0.29) is 0 Å². The number of hydrogen-bond donors (Lipinski definition) is 1. The average Bonchev–Trinajstić information content (AvgIpc) is 3.13. The van der Waals surface area contributed by atoms with Crippen molar-refractivity contribution >= 4 is 22.7 Å². The van der Waals surface area contributed by atoms with Crippen molar-refractivity contribution in [1.29, 1.82) is 0 Å². The lowest BCUT2D eigenvalue weighted by Crippen LogP contribution is -2.20. The summed E-state index contributed by atoms with van der Waals surface area (Å²) < 4.78 is 0. The predicted molar refractivity (Wildman–Crippen MR) is 80.1 cm³/mol. The van der Waals surface area contributed by atoms with E-state index in [4.69, 9.17) is 0 Å². The first-order valence-corrected chi connectivity index (χ1v) is 7.21. The van der Waals surface area contributed by atoms with Gasteiger partial charge in [0.05, 0.1) is 5.69 Å². The van der Waals surface area contributed by atoms with Crippen LogP contribution in [0.4, 0.5) is 11.4 Å². The number of rotatable bonds is 5. The van der Waals surface area contributed by atoms with Gasteiger partial charge in [0.25, 0.3) is 0 Å². The molecule has 3 aromatic rings. The molecule has 0 radical (unpaired) electrons. The summed E-state index contributed by atoms with van der Waals surface area (Å²) in [5, 5.41) is 4.29. The smallest absolute Gasteiger partial charge is 0.107 e. The molecule has 19 heavy (non-hydrogen) atoms. The van der Waals surface area contributed by atoms with E-state index in [1.165, 1.54) is 11.4 Å². The van der Waals surface area contributed by atoms with Crippen molar-refractivity contribution in [1.82, 2.24) is 9.97 Å². The minimum atomic E-state index is 0.901. The van der Waals surface area contributed by atoms with E-state index >= 15 is 0 Å². The van der Waals surface area contributed by atoms with Gasteiger partial charge in [0.1, 0.15) is 5.82 Å². The summed E-state index contributed by atoms with van der Waals surface area (Å²) in [6.45, 7) is 0.911. The lowest BCUT2D eigenvalue weighted by atomic mass is 10.2. The van der Waals surface area contributed by atoms with Crippen LogP contribution >= 0.6 is 11.3 Å². The number of hydrogen-bond acceptors (Lipinski definition) is 3. The van der Waals surface area contributed by atoms with Crippen molar-refractivity contribution in [2.45, 2.75) is 6.42 Å². The number of nitrogens with zero attached hydrogens (tertiary/aromatic N) is 2. The van der Waals surface area contributed by atoms with Crippen LogP contribution in [0.25, 0.3) is 0 Å². The van der Waals surface area contributed by atoms with Crippen LogP contribution in [0.5, 0.6) is 0 Å². The number of H-pyrrole nitrogens is 1. The molecule has 96 valence electrons. The molecule has 3 nitrogen and oxygen atoms in total. The van der Waals surface area contributed by atoms with Gasteiger partial charge in [0.15, 0.2) is 0 Å². The molecule has 0 amide bonds. The summed E-state index contributed by atoms with van der Waals surface area (Å²) >= 11 is 1.72. The van der Waals surface area contributed by atoms with Gasteiger partial charge < -0.3 is 9.88 Å². The van der Waals surface area contributed by atoms with E-state index in [1.807, 2.05) is 12.3 Å². The summed E-state index contributed by atoms with van der Waals surface area (Å²) in [7, 11) is 0. The second-order valence-electron chi connectivity index (χ2n) is 4.25. The van der Waals surface area contributed by atoms with E-state index in [2.05, 4.69) is 56.0 Å². The lowest BCUT2D eigenvalue weighted by Gasteiger charge is -2.23. The van der Waals surface area contributed by atoms with Crippen LogP contribution in [0.3, 0.4) is 0 Å². The van der Waals surface area contributed by atoms with E-state index in [9.17, 15) is 0 Å². The number of benzene rings is 1. The molecule has 3 rings (SSSR count). The summed E-state index contributed by atoms with van der Waals surface area (Å²) in [4.78, 5) is 9.76. The van der Waals surface area contributed by atoms with Crippen molar-refractivity contribution in [2.24, 2.45) is 0 Å². The lowest BCUT2D eigenvalue weighted by molar-refractivity contribution is 0.862. The molecule has 0 unspecified atom stereocenters. The molecule has 2 aromatic heterocycles. The first-order valence-electron chi connectivity index (χ1n) is 6.26. The highest BCUT2D eigenvalue weighted by atomic mass is 32.1. The minimum Gasteiger partial charge on any atom is -0.349 e. The monoisotopic (exact) mass is 269 g/mol. The van der Waals surface area contributed by atoms with Crippen LogP contribution in [-0.4, -0.2) is 16.5 Å². The zero-order valence-corrected chi connectivity index (χ0v) is 11.3. The van der Waals surface area contributed by atoms with Gasteiger partial charge in [-0.2, -0.15) is 11.3 Å². The maximum absolute atomic E-state index is 4.28. The van der Waals surface area contributed by atoms with E-state index in [1.54, 1.807) is 17.5 Å². The minimum absolute atomic E-state index is 0.901. The third-order valence-electron chi connectivity index (χ3n) is 3.01. The van der Waals surface area contributed by atoms with E-state index in [0.717, 1.165) is 18.8 Å². The molecule has 0 aliphatic heterocycles. The zero-order valence-electron chi connectivity index (χ0n) is 10.5. The molecule has 0 saturated heterocycles. The Kier molecular flexibility index (Phi) is 3.61. The third-order valence-corrected chi connectivity index (χ3v) is 3.68. The number of aromatic amines is 1. The topological polar surface area (TPSA) is 31.9 Å². The summed E-state index contributed by atoms with van der Waals surface area (Å²) in [6.07, 6.45) is 4.57. The molecule has 0 bridgehead atoms. The Morgan fingerprint density at radius 2 is 2.00 bits per heavy atom. The molecule has 1 N–H and O–H groups in total. The normalized spacial score (nSPS) is 10.5. The number of thiophene rings is 1. The Morgan fingerprint density at radius 3 is 2.68 bits per heavy atom. The molecule has 0 aliphatic carbocycles. The average molecular weight is 269 g/mol. The molecule has 4 heteroatoms. The van der Waals surface area contributed by atoms with Crippen LogP contribution < -0.4 is 4.90 Å². The first kappa shape index (κ1) is 12.0. The SMILES string of the molecule is c1ccc(N(CCc2ncc[nH]2)c2ccsc2)cc1. The quantitative estimate of drug-likeness (QED) is 0.763. The summed E-state index contributed by atoms with van der Waals surface area (Å²) in [5.41, 5.74) is 2.45. The number of nitrogens with one attached hydrogen (secondary N) is 1. The van der Waals surface area contributed by atoms with Gasteiger partial charge in [-0.1, -0.05) is 18.2 Å². The summed E-state index contributed by atoms with van der Waals surface area (Å²) in [6, 6.07) is 12.6. The van der Waals surface area contributed by atoms with Gasteiger partial charge >= 0.3 is 0 Å². The van der Waals surface area contributed by atoms with Crippen molar-refractivity contribution < 1.29 is 0 Å². The Bertz CT molecular complexity index is 588. The molecule has 0 fully saturated rings. The van der Waals surface area contributed by atoms with Crippen LogP contribution in [0.1, 0.15) is 5.82 Å². The van der Waals surface area contributed by atoms with E-state index in [0.29, 0.717) is 0 Å². The number of aromatic nitrogens is 2. The van der Waals surface area contributed by atoms with Gasteiger partial charge in [-0.3, -0.25) is 0 Å². The standard InChI is InChI=1S/C15H15N3S/c1-2-4-13(5-3-1)18(14-7-11-19-12-14)10-6-15-16-8-9-17-15/h1-5,7-9,11-12H,6,10H2,(H,16,17). The van der Waals surface area contributed by atoms with Gasteiger partial charge in [0.2, 0.25) is 0 Å². The molecule has 2 heterocycles. The number of para-hydroxylation sites is 1. The molecule has 0 atom stereocenters. The Balaban J connectivity index is 1.81. The van der Waals surface area contributed by atoms with Crippen molar-refractivity contribution in [2.75, 3.05) is 11.4 Å². The van der Waals surface area contributed by atoms with Gasteiger partial charge in [0, 0.05) is 36.4 Å². The van der Waals surface area contributed by atoms with Crippen LogP contribution in [0.2, 0.25) is 0 Å². The second-order valence-corrected chi connectivity index (χ2v) is 5.03. The van der Waals surface area contributed by atoms with Gasteiger partial charge in [-0.25, -0.2) is 4.98 Å². The molecular weight excluding hydrogens is 254 g/mol.